The molecule has 4 nitrogen and oxygen atoms in total. The van der Waals surface area contributed by atoms with Crippen LogP contribution in [0.15, 0.2) is 12.4 Å². The fourth-order valence-corrected chi connectivity index (χ4v) is 1.47. The molecule has 0 saturated heterocycles. The summed E-state index contributed by atoms with van der Waals surface area (Å²) in [5, 5.41) is 4.22. The number of aromatic nitrogens is 2. The molecule has 0 fully saturated rings. The molecule has 0 saturated carbocycles. The van der Waals surface area contributed by atoms with E-state index in [4.69, 9.17) is 4.74 Å². The lowest BCUT2D eigenvalue weighted by Gasteiger charge is -2.20. The topological polar surface area (TPSA) is 44.1 Å². The molecule has 90 valence electrons. The van der Waals surface area contributed by atoms with E-state index >= 15 is 0 Å². The standard InChI is InChI=1S/C12H20N2O2/c1-5-7-14-9-10(8-13-14)12(3,4)11(15)16-6-2/h8-9H,5-7H2,1-4H3. The van der Waals surface area contributed by atoms with Crippen molar-refractivity contribution in [1.29, 1.82) is 0 Å². The molecule has 0 spiro atoms. The van der Waals surface area contributed by atoms with Crippen LogP contribution >= 0.6 is 0 Å². The van der Waals surface area contributed by atoms with Crippen molar-refractivity contribution in [2.24, 2.45) is 0 Å². The summed E-state index contributed by atoms with van der Waals surface area (Å²) in [6, 6.07) is 0. The van der Waals surface area contributed by atoms with Gasteiger partial charge in [-0.05, 0) is 27.2 Å². The second-order valence-corrected chi connectivity index (χ2v) is 4.34. The third-order valence-corrected chi connectivity index (χ3v) is 2.59. The number of carbonyl (C=O) groups is 1. The number of ether oxygens (including phenoxy) is 1. The number of esters is 1. The molecule has 0 amide bonds. The van der Waals surface area contributed by atoms with Gasteiger partial charge in [0, 0.05) is 18.3 Å². The molecule has 0 unspecified atom stereocenters. The molecule has 1 rings (SSSR count). The SMILES string of the molecule is CCCn1cc(C(C)(C)C(=O)OCC)cn1. The van der Waals surface area contributed by atoms with Crippen LogP contribution in [0, 0.1) is 0 Å². The number of rotatable bonds is 5. The van der Waals surface area contributed by atoms with Crippen LogP contribution in [0.3, 0.4) is 0 Å². The summed E-state index contributed by atoms with van der Waals surface area (Å²) < 4.78 is 6.91. The molecule has 0 atom stereocenters. The van der Waals surface area contributed by atoms with Gasteiger partial charge in [0.1, 0.15) is 0 Å². The normalized spacial score (nSPS) is 11.5. The Bertz CT molecular complexity index is 356. The van der Waals surface area contributed by atoms with Crippen LogP contribution in [0.25, 0.3) is 0 Å². The molecule has 4 heteroatoms. The first-order valence-electron chi connectivity index (χ1n) is 5.72. The first-order valence-corrected chi connectivity index (χ1v) is 5.72. The fraction of sp³-hybridized carbons (Fsp3) is 0.667. The zero-order chi connectivity index (χ0) is 12.2. The summed E-state index contributed by atoms with van der Waals surface area (Å²) in [5.74, 6) is -0.203. The molecule has 0 aliphatic heterocycles. The van der Waals surface area contributed by atoms with Gasteiger partial charge in [0.15, 0.2) is 0 Å². The molecule has 0 N–H and O–H groups in total. The van der Waals surface area contributed by atoms with Crippen LogP contribution in [0.5, 0.6) is 0 Å². The lowest BCUT2D eigenvalue weighted by atomic mass is 9.87. The summed E-state index contributed by atoms with van der Waals surface area (Å²) in [6.45, 7) is 8.91. The summed E-state index contributed by atoms with van der Waals surface area (Å²) in [4.78, 5) is 11.8. The van der Waals surface area contributed by atoms with Crippen molar-refractivity contribution >= 4 is 5.97 Å². The van der Waals surface area contributed by atoms with E-state index in [2.05, 4.69) is 12.0 Å². The van der Waals surface area contributed by atoms with Crippen LogP contribution in [0.2, 0.25) is 0 Å². The molecular weight excluding hydrogens is 204 g/mol. The average molecular weight is 224 g/mol. The van der Waals surface area contributed by atoms with Gasteiger partial charge >= 0.3 is 5.97 Å². The second-order valence-electron chi connectivity index (χ2n) is 4.34. The Balaban J connectivity index is 2.84. The Morgan fingerprint density at radius 1 is 1.50 bits per heavy atom. The van der Waals surface area contributed by atoms with Gasteiger partial charge in [0.05, 0.1) is 18.2 Å². The molecule has 1 aromatic rings. The third-order valence-electron chi connectivity index (χ3n) is 2.59. The van der Waals surface area contributed by atoms with Crippen molar-refractivity contribution in [3.8, 4) is 0 Å². The molecule has 1 aromatic heterocycles. The second kappa shape index (κ2) is 5.14. The van der Waals surface area contributed by atoms with Gasteiger partial charge in [-0.2, -0.15) is 5.10 Å². The Hall–Kier alpha value is -1.32. The molecule has 0 aliphatic carbocycles. The number of nitrogens with zero attached hydrogens (tertiary/aromatic N) is 2. The van der Waals surface area contributed by atoms with E-state index < -0.39 is 5.41 Å². The van der Waals surface area contributed by atoms with Gasteiger partial charge in [-0.15, -0.1) is 0 Å². The fourth-order valence-electron chi connectivity index (χ4n) is 1.47. The minimum atomic E-state index is -0.623. The van der Waals surface area contributed by atoms with Crippen LogP contribution in [-0.4, -0.2) is 22.4 Å². The van der Waals surface area contributed by atoms with Crippen molar-refractivity contribution < 1.29 is 9.53 Å². The Morgan fingerprint density at radius 2 is 2.19 bits per heavy atom. The zero-order valence-corrected chi connectivity index (χ0v) is 10.5. The van der Waals surface area contributed by atoms with E-state index in [1.54, 1.807) is 6.20 Å². The van der Waals surface area contributed by atoms with E-state index in [-0.39, 0.29) is 5.97 Å². The molecular formula is C12H20N2O2. The van der Waals surface area contributed by atoms with Crippen molar-refractivity contribution in [3.63, 3.8) is 0 Å². The van der Waals surface area contributed by atoms with E-state index in [1.807, 2.05) is 31.6 Å². The van der Waals surface area contributed by atoms with Gasteiger partial charge < -0.3 is 4.74 Å². The largest absolute Gasteiger partial charge is 0.465 e. The highest BCUT2D eigenvalue weighted by molar-refractivity contribution is 5.81. The Morgan fingerprint density at radius 3 is 2.75 bits per heavy atom. The maximum Gasteiger partial charge on any atom is 0.316 e. The van der Waals surface area contributed by atoms with Gasteiger partial charge in [0.2, 0.25) is 0 Å². The summed E-state index contributed by atoms with van der Waals surface area (Å²) in [6.07, 6.45) is 4.69. The quantitative estimate of drug-likeness (QED) is 0.720. The predicted molar refractivity (Wildman–Crippen MR) is 62.2 cm³/mol. The van der Waals surface area contributed by atoms with E-state index in [9.17, 15) is 4.79 Å². The van der Waals surface area contributed by atoms with Crippen LogP contribution in [0.1, 0.15) is 39.7 Å². The van der Waals surface area contributed by atoms with Crippen molar-refractivity contribution in [3.05, 3.63) is 18.0 Å². The first kappa shape index (κ1) is 12.7. The van der Waals surface area contributed by atoms with Gasteiger partial charge in [0.25, 0.3) is 0 Å². The van der Waals surface area contributed by atoms with Crippen molar-refractivity contribution in [2.45, 2.75) is 46.1 Å². The van der Waals surface area contributed by atoms with Crippen LogP contribution in [-0.2, 0) is 21.5 Å². The highest BCUT2D eigenvalue weighted by atomic mass is 16.5. The number of aryl methyl sites for hydroxylation is 1. The van der Waals surface area contributed by atoms with Crippen molar-refractivity contribution in [2.75, 3.05) is 6.61 Å². The summed E-state index contributed by atoms with van der Waals surface area (Å²) in [7, 11) is 0. The number of hydrogen-bond donors (Lipinski definition) is 0. The molecule has 0 aromatic carbocycles. The van der Waals surface area contributed by atoms with Crippen molar-refractivity contribution in [1.82, 2.24) is 9.78 Å². The van der Waals surface area contributed by atoms with Crippen LogP contribution in [0.4, 0.5) is 0 Å². The smallest absolute Gasteiger partial charge is 0.316 e. The highest BCUT2D eigenvalue weighted by Gasteiger charge is 2.32. The summed E-state index contributed by atoms with van der Waals surface area (Å²) in [5.41, 5.74) is 0.279. The maximum absolute atomic E-state index is 11.8. The molecule has 0 radical (unpaired) electrons. The predicted octanol–water partition coefficient (Wildman–Crippen LogP) is 2.13. The van der Waals surface area contributed by atoms with Gasteiger partial charge in [-0.1, -0.05) is 6.92 Å². The third kappa shape index (κ3) is 2.62. The minimum Gasteiger partial charge on any atom is -0.465 e. The number of carbonyl (C=O) groups excluding carboxylic acids is 1. The average Bonchev–Trinajstić information content (AvgIpc) is 2.68. The van der Waals surface area contributed by atoms with E-state index in [1.165, 1.54) is 0 Å². The Kier molecular flexibility index (Phi) is 4.10. The minimum absolute atomic E-state index is 0.203. The summed E-state index contributed by atoms with van der Waals surface area (Å²) >= 11 is 0. The molecule has 16 heavy (non-hydrogen) atoms. The highest BCUT2D eigenvalue weighted by Crippen LogP contribution is 2.24. The van der Waals surface area contributed by atoms with Crippen LogP contribution < -0.4 is 0 Å². The Labute approximate surface area is 96.6 Å². The first-order chi connectivity index (χ1) is 7.52. The monoisotopic (exact) mass is 224 g/mol. The lowest BCUT2D eigenvalue weighted by molar-refractivity contribution is -0.148. The maximum atomic E-state index is 11.8. The van der Waals surface area contributed by atoms with Gasteiger partial charge in [-0.25, -0.2) is 0 Å². The molecule has 0 aliphatic rings. The zero-order valence-electron chi connectivity index (χ0n) is 10.5. The molecule has 1 heterocycles. The molecule has 0 bridgehead atoms. The number of hydrogen-bond acceptors (Lipinski definition) is 3. The van der Waals surface area contributed by atoms with E-state index in [0.29, 0.717) is 6.61 Å². The lowest BCUT2D eigenvalue weighted by Crippen LogP contribution is -2.30. The van der Waals surface area contributed by atoms with Gasteiger partial charge in [-0.3, -0.25) is 9.48 Å². The van der Waals surface area contributed by atoms with E-state index in [0.717, 1.165) is 18.5 Å².